The molecule has 2 aromatic rings. The summed E-state index contributed by atoms with van der Waals surface area (Å²) in [5.41, 5.74) is 0.553. The molecule has 0 saturated carbocycles. The summed E-state index contributed by atoms with van der Waals surface area (Å²) >= 11 is 0. The van der Waals surface area contributed by atoms with E-state index in [1.807, 2.05) is 0 Å². The Hall–Kier alpha value is -2.76. The predicted molar refractivity (Wildman–Crippen MR) is 72.3 cm³/mol. The van der Waals surface area contributed by atoms with Gasteiger partial charge in [-0.25, -0.2) is 8.78 Å². The molecule has 0 aromatic heterocycles. The first-order chi connectivity index (χ1) is 10.1. The highest BCUT2D eigenvalue weighted by Gasteiger charge is 2.07. The van der Waals surface area contributed by atoms with Crippen molar-refractivity contribution in [3.8, 4) is 5.75 Å². The van der Waals surface area contributed by atoms with E-state index in [0.717, 1.165) is 12.1 Å². The second-order valence-electron chi connectivity index (χ2n) is 4.16. The molecule has 0 aliphatic heterocycles. The number of anilines is 1. The average molecular weight is 291 g/mol. The number of ether oxygens (including phenoxy) is 1. The monoisotopic (exact) mass is 291 g/mol. The maximum Gasteiger partial charge on any atom is 0.262 e. The molecule has 6 heteroatoms. The van der Waals surface area contributed by atoms with Crippen molar-refractivity contribution in [2.45, 2.75) is 0 Å². The Balaban J connectivity index is 1.92. The number of hydrogen-bond donors (Lipinski definition) is 1. The van der Waals surface area contributed by atoms with Crippen LogP contribution in [-0.2, 0) is 4.79 Å². The van der Waals surface area contributed by atoms with Gasteiger partial charge in [-0.2, -0.15) is 0 Å². The normalized spacial score (nSPS) is 10.0. The van der Waals surface area contributed by atoms with Gasteiger partial charge in [0.05, 0.1) is 0 Å². The summed E-state index contributed by atoms with van der Waals surface area (Å²) in [6, 6.07) is 9.33. The maximum absolute atomic E-state index is 13.0. The van der Waals surface area contributed by atoms with Gasteiger partial charge in [-0.1, -0.05) is 12.1 Å². The molecule has 108 valence electrons. The first kappa shape index (κ1) is 14.6. The lowest BCUT2D eigenvalue weighted by atomic mass is 10.2. The molecule has 0 bridgehead atoms. The minimum atomic E-state index is -1.05. The van der Waals surface area contributed by atoms with Crippen molar-refractivity contribution >= 4 is 17.9 Å². The van der Waals surface area contributed by atoms with Gasteiger partial charge in [-0.15, -0.1) is 0 Å². The predicted octanol–water partition coefficient (Wildman–Crippen LogP) is 2.79. The SMILES string of the molecule is O=Cc1cccc(OCC(=O)Nc2ccc(F)c(F)c2)c1. The zero-order valence-corrected chi connectivity index (χ0v) is 10.8. The molecule has 0 heterocycles. The van der Waals surface area contributed by atoms with Crippen LogP contribution in [0.15, 0.2) is 42.5 Å². The minimum Gasteiger partial charge on any atom is -0.484 e. The third-order valence-electron chi connectivity index (χ3n) is 2.57. The van der Waals surface area contributed by atoms with E-state index in [-0.39, 0.29) is 12.3 Å². The highest BCUT2D eigenvalue weighted by Crippen LogP contribution is 2.14. The Bertz CT molecular complexity index is 674. The van der Waals surface area contributed by atoms with Crippen LogP contribution in [0, 0.1) is 11.6 Å². The van der Waals surface area contributed by atoms with Crippen LogP contribution in [0.4, 0.5) is 14.5 Å². The molecule has 0 spiro atoms. The number of aldehydes is 1. The molecule has 0 aliphatic rings. The first-order valence-electron chi connectivity index (χ1n) is 6.01. The Labute approximate surface area is 119 Å². The second kappa shape index (κ2) is 6.60. The van der Waals surface area contributed by atoms with Gasteiger partial charge in [0.15, 0.2) is 18.2 Å². The highest BCUT2D eigenvalue weighted by molar-refractivity contribution is 5.91. The van der Waals surface area contributed by atoms with Gasteiger partial charge in [-0.3, -0.25) is 9.59 Å². The molecular weight excluding hydrogens is 280 g/mol. The van der Waals surface area contributed by atoms with Crippen molar-refractivity contribution in [1.29, 1.82) is 0 Å². The molecule has 1 N–H and O–H groups in total. The Morgan fingerprint density at radius 2 is 1.95 bits per heavy atom. The first-order valence-corrected chi connectivity index (χ1v) is 6.01. The van der Waals surface area contributed by atoms with E-state index in [4.69, 9.17) is 4.74 Å². The van der Waals surface area contributed by atoms with Crippen molar-refractivity contribution in [3.05, 3.63) is 59.7 Å². The molecule has 2 rings (SSSR count). The molecule has 4 nitrogen and oxygen atoms in total. The third-order valence-corrected chi connectivity index (χ3v) is 2.57. The molecule has 0 saturated heterocycles. The molecule has 0 aliphatic carbocycles. The summed E-state index contributed by atoms with van der Waals surface area (Å²) in [6.45, 7) is -0.318. The van der Waals surface area contributed by atoms with Gasteiger partial charge in [0.25, 0.3) is 5.91 Å². The van der Waals surface area contributed by atoms with Crippen molar-refractivity contribution in [2.75, 3.05) is 11.9 Å². The van der Waals surface area contributed by atoms with Gasteiger partial charge < -0.3 is 10.1 Å². The molecular formula is C15H11F2NO3. The number of nitrogens with one attached hydrogen (secondary N) is 1. The summed E-state index contributed by atoms with van der Waals surface area (Å²) in [5.74, 6) is -2.21. The van der Waals surface area contributed by atoms with E-state index in [1.165, 1.54) is 12.1 Å². The van der Waals surface area contributed by atoms with Crippen LogP contribution in [0.5, 0.6) is 5.75 Å². The van der Waals surface area contributed by atoms with Gasteiger partial charge in [0, 0.05) is 17.3 Å². The number of carbonyl (C=O) groups is 2. The summed E-state index contributed by atoms with van der Waals surface area (Å²) < 4.78 is 30.9. The molecule has 21 heavy (non-hydrogen) atoms. The summed E-state index contributed by atoms with van der Waals surface area (Å²) in [7, 11) is 0. The van der Waals surface area contributed by atoms with Crippen molar-refractivity contribution in [3.63, 3.8) is 0 Å². The smallest absolute Gasteiger partial charge is 0.262 e. The van der Waals surface area contributed by atoms with E-state index in [1.54, 1.807) is 18.2 Å². The molecule has 2 aromatic carbocycles. The number of carbonyl (C=O) groups excluding carboxylic acids is 2. The third kappa shape index (κ3) is 4.10. The number of amides is 1. The van der Waals surface area contributed by atoms with Crippen LogP contribution in [-0.4, -0.2) is 18.8 Å². The lowest BCUT2D eigenvalue weighted by Crippen LogP contribution is -2.20. The fourth-order valence-electron chi connectivity index (χ4n) is 1.60. The zero-order chi connectivity index (χ0) is 15.2. The van der Waals surface area contributed by atoms with Crippen molar-refractivity contribution in [1.82, 2.24) is 0 Å². The van der Waals surface area contributed by atoms with E-state index < -0.39 is 17.5 Å². The topological polar surface area (TPSA) is 55.4 Å². The van der Waals surface area contributed by atoms with Crippen molar-refractivity contribution < 1.29 is 23.1 Å². The number of halogens is 2. The number of hydrogen-bond acceptors (Lipinski definition) is 3. The fourth-order valence-corrected chi connectivity index (χ4v) is 1.60. The highest BCUT2D eigenvalue weighted by atomic mass is 19.2. The van der Waals surface area contributed by atoms with Crippen LogP contribution in [0.1, 0.15) is 10.4 Å². The van der Waals surface area contributed by atoms with Gasteiger partial charge in [0.1, 0.15) is 12.0 Å². The molecule has 0 atom stereocenters. The lowest BCUT2D eigenvalue weighted by Gasteiger charge is -2.08. The Morgan fingerprint density at radius 3 is 2.67 bits per heavy atom. The van der Waals surface area contributed by atoms with Crippen LogP contribution in [0.2, 0.25) is 0 Å². The van der Waals surface area contributed by atoms with E-state index >= 15 is 0 Å². The number of rotatable bonds is 5. The summed E-state index contributed by atoms with van der Waals surface area (Å²) in [6.07, 6.45) is 0.661. The minimum absolute atomic E-state index is 0.129. The second-order valence-corrected chi connectivity index (χ2v) is 4.16. The quantitative estimate of drug-likeness (QED) is 0.862. The van der Waals surface area contributed by atoms with Gasteiger partial charge >= 0.3 is 0 Å². The zero-order valence-electron chi connectivity index (χ0n) is 10.8. The van der Waals surface area contributed by atoms with Crippen LogP contribution in [0.3, 0.4) is 0 Å². The van der Waals surface area contributed by atoms with E-state index in [9.17, 15) is 18.4 Å². The number of benzene rings is 2. The Morgan fingerprint density at radius 1 is 1.14 bits per heavy atom. The molecule has 1 amide bonds. The summed E-state index contributed by atoms with van der Waals surface area (Å²) in [5, 5.41) is 2.37. The van der Waals surface area contributed by atoms with E-state index in [2.05, 4.69) is 5.32 Å². The standard InChI is InChI=1S/C15H11F2NO3/c16-13-5-4-11(7-14(13)17)18-15(20)9-21-12-3-1-2-10(6-12)8-19/h1-8H,9H2,(H,18,20). The molecule has 0 fully saturated rings. The van der Waals surface area contributed by atoms with E-state index in [0.29, 0.717) is 17.6 Å². The van der Waals surface area contributed by atoms with Gasteiger partial charge in [-0.05, 0) is 24.3 Å². The maximum atomic E-state index is 13.0. The Kier molecular flexibility index (Phi) is 4.61. The van der Waals surface area contributed by atoms with Crippen LogP contribution < -0.4 is 10.1 Å². The molecule has 0 unspecified atom stereocenters. The van der Waals surface area contributed by atoms with Gasteiger partial charge in [0.2, 0.25) is 0 Å². The largest absolute Gasteiger partial charge is 0.484 e. The summed E-state index contributed by atoms with van der Waals surface area (Å²) in [4.78, 5) is 22.2. The average Bonchev–Trinajstić information content (AvgIpc) is 2.49. The van der Waals surface area contributed by atoms with Crippen LogP contribution >= 0.6 is 0 Å². The lowest BCUT2D eigenvalue weighted by molar-refractivity contribution is -0.118. The van der Waals surface area contributed by atoms with Crippen LogP contribution in [0.25, 0.3) is 0 Å². The van der Waals surface area contributed by atoms with Crippen molar-refractivity contribution in [2.24, 2.45) is 0 Å². The fraction of sp³-hybridized carbons (Fsp3) is 0.0667. The molecule has 0 radical (unpaired) electrons.